The molecule has 0 fully saturated rings. The first kappa shape index (κ1) is 13.3. The summed E-state index contributed by atoms with van der Waals surface area (Å²) in [7, 11) is 0. The average molecular weight is 250 g/mol. The van der Waals surface area contributed by atoms with Gasteiger partial charge in [-0.15, -0.1) is 0 Å². The number of nitrogens with zero attached hydrogens (tertiary/aromatic N) is 1. The van der Waals surface area contributed by atoms with E-state index in [1.165, 1.54) is 11.1 Å². The molecule has 2 heteroatoms. The fourth-order valence-electron chi connectivity index (χ4n) is 2.20. The Balaban J connectivity index is 2.02. The monoisotopic (exact) mass is 250 g/mol. The van der Waals surface area contributed by atoms with E-state index < -0.39 is 0 Å². The lowest BCUT2D eigenvalue weighted by Gasteiger charge is -2.17. The van der Waals surface area contributed by atoms with Crippen LogP contribution in [-0.2, 0) is 12.8 Å². The number of nitriles is 1. The van der Waals surface area contributed by atoms with Crippen molar-refractivity contribution in [2.45, 2.75) is 18.9 Å². The highest BCUT2D eigenvalue weighted by atomic mass is 14.9. The van der Waals surface area contributed by atoms with E-state index in [4.69, 9.17) is 5.26 Å². The Hall–Kier alpha value is -2.11. The van der Waals surface area contributed by atoms with Crippen molar-refractivity contribution >= 4 is 0 Å². The summed E-state index contributed by atoms with van der Waals surface area (Å²) in [4.78, 5) is 0. The molecule has 2 aromatic rings. The van der Waals surface area contributed by atoms with Crippen molar-refractivity contribution < 1.29 is 0 Å². The van der Waals surface area contributed by atoms with Gasteiger partial charge in [0.15, 0.2) is 0 Å². The summed E-state index contributed by atoms with van der Waals surface area (Å²) in [5, 5.41) is 12.0. The smallest absolute Gasteiger partial charge is 0.0843 e. The molecule has 19 heavy (non-hydrogen) atoms. The van der Waals surface area contributed by atoms with Crippen LogP contribution in [0.1, 0.15) is 11.1 Å². The van der Waals surface area contributed by atoms with Crippen molar-refractivity contribution in [2.75, 3.05) is 6.54 Å². The van der Waals surface area contributed by atoms with Crippen LogP contribution in [0.2, 0.25) is 0 Å². The second-order valence-electron chi connectivity index (χ2n) is 4.62. The van der Waals surface area contributed by atoms with E-state index in [0.29, 0.717) is 12.6 Å². The van der Waals surface area contributed by atoms with Crippen molar-refractivity contribution in [1.82, 2.24) is 5.32 Å². The highest BCUT2D eigenvalue weighted by molar-refractivity contribution is 5.19. The Morgan fingerprint density at radius 3 is 1.74 bits per heavy atom. The fraction of sp³-hybridized carbons (Fsp3) is 0.235. The summed E-state index contributed by atoms with van der Waals surface area (Å²) >= 11 is 0. The normalized spacial score (nSPS) is 10.3. The standard InChI is InChI=1S/C17H18N2/c18-11-12-19-17(13-15-7-3-1-4-8-15)14-16-9-5-2-6-10-16/h1-10,17,19H,12-14H2. The second kappa shape index (κ2) is 7.35. The van der Waals surface area contributed by atoms with Crippen LogP contribution < -0.4 is 5.32 Å². The van der Waals surface area contributed by atoms with Crippen molar-refractivity contribution in [1.29, 1.82) is 5.26 Å². The van der Waals surface area contributed by atoms with E-state index in [9.17, 15) is 0 Å². The molecule has 0 saturated carbocycles. The maximum atomic E-state index is 8.73. The zero-order chi connectivity index (χ0) is 13.3. The highest BCUT2D eigenvalue weighted by Gasteiger charge is 2.09. The molecule has 96 valence electrons. The minimum absolute atomic E-state index is 0.296. The van der Waals surface area contributed by atoms with Gasteiger partial charge in [0.05, 0.1) is 12.6 Å². The molecule has 1 N–H and O–H groups in total. The minimum Gasteiger partial charge on any atom is -0.301 e. The van der Waals surface area contributed by atoms with Crippen molar-refractivity contribution in [3.05, 3.63) is 71.8 Å². The summed E-state index contributed by atoms with van der Waals surface area (Å²) in [5.41, 5.74) is 2.60. The molecule has 2 aromatic carbocycles. The zero-order valence-corrected chi connectivity index (χ0v) is 10.9. The quantitative estimate of drug-likeness (QED) is 0.800. The van der Waals surface area contributed by atoms with E-state index in [-0.39, 0.29) is 0 Å². The summed E-state index contributed by atoms with van der Waals surface area (Å²) in [5.74, 6) is 0. The Morgan fingerprint density at radius 1 is 0.842 bits per heavy atom. The summed E-state index contributed by atoms with van der Waals surface area (Å²) in [6, 6.07) is 23.2. The molecular weight excluding hydrogens is 232 g/mol. The molecule has 0 aliphatic rings. The van der Waals surface area contributed by atoms with Crippen LogP contribution in [0.15, 0.2) is 60.7 Å². The number of rotatable bonds is 6. The van der Waals surface area contributed by atoms with Crippen LogP contribution in [0.4, 0.5) is 0 Å². The Labute approximate surface area is 114 Å². The van der Waals surface area contributed by atoms with Crippen molar-refractivity contribution in [3.63, 3.8) is 0 Å². The molecule has 2 rings (SSSR count). The number of nitrogens with one attached hydrogen (secondary N) is 1. The van der Waals surface area contributed by atoms with Crippen molar-refractivity contribution in [2.24, 2.45) is 0 Å². The van der Waals surface area contributed by atoms with E-state index >= 15 is 0 Å². The lowest BCUT2D eigenvalue weighted by molar-refractivity contribution is 0.536. The zero-order valence-electron chi connectivity index (χ0n) is 10.9. The van der Waals surface area contributed by atoms with E-state index in [1.54, 1.807) is 0 Å². The molecule has 0 atom stereocenters. The minimum atomic E-state index is 0.296. The van der Waals surface area contributed by atoms with Crippen LogP contribution in [0.25, 0.3) is 0 Å². The van der Waals surface area contributed by atoms with Crippen LogP contribution in [-0.4, -0.2) is 12.6 Å². The molecule has 0 bridgehead atoms. The van der Waals surface area contributed by atoms with Crippen LogP contribution >= 0.6 is 0 Å². The van der Waals surface area contributed by atoms with Gasteiger partial charge in [0.25, 0.3) is 0 Å². The number of hydrogen-bond acceptors (Lipinski definition) is 2. The van der Waals surface area contributed by atoms with Gasteiger partial charge >= 0.3 is 0 Å². The molecule has 0 aromatic heterocycles. The van der Waals surface area contributed by atoms with Gasteiger partial charge in [-0.2, -0.15) is 5.26 Å². The lowest BCUT2D eigenvalue weighted by Crippen LogP contribution is -2.33. The average Bonchev–Trinajstić information content (AvgIpc) is 2.47. The molecule has 0 aliphatic carbocycles. The third-order valence-corrected chi connectivity index (χ3v) is 3.12. The van der Waals surface area contributed by atoms with Gasteiger partial charge in [-0.25, -0.2) is 0 Å². The maximum Gasteiger partial charge on any atom is 0.0843 e. The number of benzene rings is 2. The van der Waals surface area contributed by atoms with Crippen LogP contribution in [0.5, 0.6) is 0 Å². The first-order valence-electron chi connectivity index (χ1n) is 6.56. The van der Waals surface area contributed by atoms with Gasteiger partial charge in [0.1, 0.15) is 0 Å². The second-order valence-corrected chi connectivity index (χ2v) is 4.62. The molecular formula is C17H18N2. The van der Waals surface area contributed by atoms with Gasteiger partial charge in [0, 0.05) is 6.04 Å². The first-order valence-corrected chi connectivity index (χ1v) is 6.56. The van der Waals surface area contributed by atoms with E-state index in [2.05, 4.69) is 59.9 Å². The largest absolute Gasteiger partial charge is 0.301 e. The molecule has 0 saturated heterocycles. The summed E-state index contributed by atoms with van der Waals surface area (Å²) in [6.45, 7) is 0.393. The Bertz CT molecular complexity index is 472. The lowest BCUT2D eigenvalue weighted by atomic mass is 9.99. The predicted molar refractivity (Wildman–Crippen MR) is 77.7 cm³/mol. The van der Waals surface area contributed by atoms with Crippen molar-refractivity contribution in [3.8, 4) is 6.07 Å². The Kier molecular flexibility index (Phi) is 5.16. The molecule has 0 aliphatic heterocycles. The van der Waals surface area contributed by atoms with E-state index in [0.717, 1.165) is 12.8 Å². The Morgan fingerprint density at radius 2 is 1.32 bits per heavy atom. The highest BCUT2D eigenvalue weighted by Crippen LogP contribution is 2.09. The SMILES string of the molecule is N#CCNC(Cc1ccccc1)Cc1ccccc1. The summed E-state index contributed by atoms with van der Waals surface area (Å²) in [6.07, 6.45) is 1.88. The molecule has 0 heterocycles. The molecule has 0 radical (unpaired) electrons. The van der Waals surface area contributed by atoms with Crippen LogP contribution in [0.3, 0.4) is 0 Å². The third kappa shape index (κ3) is 4.57. The van der Waals surface area contributed by atoms with Gasteiger partial charge in [-0.05, 0) is 24.0 Å². The third-order valence-electron chi connectivity index (χ3n) is 3.12. The maximum absolute atomic E-state index is 8.73. The topological polar surface area (TPSA) is 35.8 Å². The van der Waals surface area contributed by atoms with E-state index in [1.807, 2.05) is 12.1 Å². The summed E-state index contributed by atoms with van der Waals surface area (Å²) < 4.78 is 0. The molecule has 2 nitrogen and oxygen atoms in total. The predicted octanol–water partition coefficient (Wildman–Crippen LogP) is 2.95. The van der Waals surface area contributed by atoms with Gasteiger partial charge in [0.2, 0.25) is 0 Å². The molecule has 0 spiro atoms. The van der Waals surface area contributed by atoms with Gasteiger partial charge < -0.3 is 5.32 Å². The van der Waals surface area contributed by atoms with Gasteiger partial charge in [-0.3, -0.25) is 0 Å². The number of hydrogen-bond donors (Lipinski definition) is 1. The van der Waals surface area contributed by atoms with Crippen LogP contribution in [0, 0.1) is 11.3 Å². The fourth-order valence-corrected chi connectivity index (χ4v) is 2.20. The van der Waals surface area contributed by atoms with Gasteiger partial charge in [-0.1, -0.05) is 60.7 Å². The molecule has 0 amide bonds. The molecule has 0 unspecified atom stereocenters. The first-order chi connectivity index (χ1) is 9.38.